The van der Waals surface area contributed by atoms with E-state index < -0.39 is 11.2 Å². The van der Waals surface area contributed by atoms with E-state index in [4.69, 9.17) is 9.47 Å². The normalized spacial score (nSPS) is 11.5. The lowest BCUT2D eigenvalue weighted by atomic mass is 10.2. The zero-order chi connectivity index (χ0) is 21.1. The summed E-state index contributed by atoms with van der Waals surface area (Å²) >= 11 is 0. The van der Waals surface area contributed by atoms with Gasteiger partial charge in [0.15, 0.2) is 22.7 Å². The fourth-order valence-electron chi connectivity index (χ4n) is 3.24. The van der Waals surface area contributed by atoms with Crippen LogP contribution < -0.4 is 20.7 Å². The SMILES string of the molecule is CCn1c(=O)n(CCO)c(=O)c2c1nc(/C=C/c1ccc(OC)c(OC)c1)n2C. The molecule has 2 aromatic heterocycles. The van der Waals surface area contributed by atoms with Crippen molar-refractivity contribution in [1.82, 2.24) is 18.7 Å². The van der Waals surface area contributed by atoms with E-state index in [1.165, 1.54) is 4.57 Å². The molecule has 0 fully saturated rings. The van der Waals surface area contributed by atoms with E-state index in [1.54, 1.807) is 38.0 Å². The van der Waals surface area contributed by atoms with Gasteiger partial charge in [0, 0.05) is 13.6 Å². The summed E-state index contributed by atoms with van der Waals surface area (Å²) in [7, 11) is 4.86. The molecule has 0 amide bonds. The number of aromatic nitrogens is 4. The molecule has 0 bridgehead atoms. The summed E-state index contributed by atoms with van der Waals surface area (Å²) < 4.78 is 14.7. The molecule has 0 unspecified atom stereocenters. The minimum atomic E-state index is -0.479. The maximum absolute atomic E-state index is 12.8. The third-order valence-electron chi connectivity index (χ3n) is 4.75. The van der Waals surface area contributed by atoms with Crippen molar-refractivity contribution >= 4 is 23.3 Å². The van der Waals surface area contributed by atoms with Gasteiger partial charge in [-0.1, -0.05) is 12.1 Å². The minimum Gasteiger partial charge on any atom is -0.493 e. The molecule has 0 spiro atoms. The van der Waals surface area contributed by atoms with Crippen molar-refractivity contribution in [2.24, 2.45) is 7.05 Å². The Morgan fingerprint density at radius 3 is 2.45 bits per heavy atom. The van der Waals surface area contributed by atoms with E-state index in [2.05, 4.69) is 4.98 Å². The number of nitrogens with zero attached hydrogens (tertiary/aromatic N) is 4. The van der Waals surface area contributed by atoms with Crippen LogP contribution in [0.1, 0.15) is 18.3 Å². The molecule has 3 aromatic rings. The fraction of sp³-hybridized carbons (Fsp3) is 0.350. The van der Waals surface area contributed by atoms with Crippen LogP contribution in [0.2, 0.25) is 0 Å². The number of fused-ring (bicyclic) bond motifs is 1. The number of aliphatic hydroxyl groups excluding tert-OH is 1. The van der Waals surface area contributed by atoms with E-state index in [0.29, 0.717) is 35.0 Å². The highest BCUT2D eigenvalue weighted by molar-refractivity contribution is 5.77. The van der Waals surface area contributed by atoms with E-state index in [1.807, 2.05) is 25.1 Å². The number of ether oxygens (including phenoxy) is 2. The third kappa shape index (κ3) is 3.56. The van der Waals surface area contributed by atoms with Crippen LogP contribution in [0.4, 0.5) is 0 Å². The highest BCUT2D eigenvalue weighted by Crippen LogP contribution is 2.28. The first-order valence-electron chi connectivity index (χ1n) is 9.17. The van der Waals surface area contributed by atoms with Crippen LogP contribution in [0.5, 0.6) is 11.5 Å². The van der Waals surface area contributed by atoms with Gasteiger partial charge in [-0.05, 0) is 30.7 Å². The number of imidazole rings is 1. The van der Waals surface area contributed by atoms with Crippen molar-refractivity contribution in [1.29, 1.82) is 0 Å². The van der Waals surface area contributed by atoms with Gasteiger partial charge in [-0.3, -0.25) is 13.9 Å². The number of hydrogen-bond acceptors (Lipinski definition) is 6. The first-order chi connectivity index (χ1) is 14.0. The van der Waals surface area contributed by atoms with Gasteiger partial charge in [0.1, 0.15) is 5.82 Å². The molecule has 2 heterocycles. The molecule has 154 valence electrons. The van der Waals surface area contributed by atoms with Crippen LogP contribution in [0.3, 0.4) is 0 Å². The number of benzene rings is 1. The Morgan fingerprint density at radius 1 is 1.10 bits per heavy atom. The predicted octanol–water partition coefficient (Wildman–Crippen LogP) is 1.10. The van der Waals surface area contributed by atoms with Gasteiger partial charge in [-0.2, -0.15) is 0 Å². The molecule has 0 saturated carbocycles. The predicted molar refractivity (Wildman–Crippen MR) is 110 cm³/mol. The molecule has 0 aliphatic rings. The maximum atomic E-state index is 12.8. The largest absolute Gasteiger partial charge is 0.493 e. The number of aliphatic hydroxyl groups is 1. The molecular formula is C20H24N4O5. The highest BCUT2D eigenvalue weighted by atomic mass is 16.5. The summed E-state index contributed by atoms with van der Waals surface area (Å²) in [6.07, 6.45) is 3.60. The lowest BCUT2D eigenvalue weighted by Crippen LogP contribution is -2.41. The van der Waals surface area contributed by atoms with Crippen LogP contribution in [0.25, 0.3) is 23.3 Å². The fourth-order valence-corrected chi connectivity index (χ4v) is 3.24. The second-order valence-corrected chi connectivity index (χ2v) is 6.36. The minimum absolute atomic E-state index is 0.0599. The Labute approximate surface area is 167 Å². The monoisotopic (exact) mass is 400 g/mol. The van der Waals surface area contributed by atoms with E-state index in [-0.39, 0.29) is 13.2 Å². The first-order valence-corrected chi connectivity index (χ1v) is 9.17. The summed E-state index contributed by atoms with van der Waals surface area (Å²) in [6.45, 7) is 1.81. The Balaban J connectivity index is 2.13. The zero-order valence-electron chi connectivity index (χ0n) is 16.9. The average molecular weight is 400 g/mol. The van der Waals surface area contributed by atoms with Gasteiger partial charge in [-0.15, -0.1) is 0 Å². The average Bonchev–Trinajstić information content (AvgIpc) is 3.05. The molecule has 0 aliphatic carbocycles. The van der Waals surface area contributed by atoms with Crippen molar-refractivity contribution in [3.8, 4) is 11.5 Å². The topological polar surface area (TPSA) is 101 Å². The quantitative estimate of drug-likeness (QED) is 0.637. The number of methoxy groups -OCH3 is 2. The molecule has 0 atom stereocenters. The molecule has 9 nitrogen and oxygen atoms in total. The molecule has 3 rings (SSSR count). The number of rotatable bonds is 7. The molecule has 1 aromatic carbocycles. The van der Waals surface area contributed by atoms with Gasteiger partial charge in [0.2, 0.25) is 0 Å². The molecule has 9 heteroatoms. The Bertz CT molecular complexity index is 1190. The van der Waals surface area contributed by atoms with Gasteiger partial charge >= 0.3 is 5.69 Å². The van der Waals surface area contributed by atoms with Crippen LogP contribution in [-0.4, -0.2) is 44.6 Å². The lowest BCUT2D eigenvalue weighted by Gasteiger charge is -2.08. The number of aryl methyl sites for hydroxylation is 2. The Hall–Kier alpha value is -3.33. The summed E-state index contributed by atoms with van der Waals surface area (Å²) in [6, 6.07) is 5.50. The Kier molecular flexibility index (Phi) is 5.88. The molecule has 0 radical (unpaired) electrons. The standard InChI is InChI=1S/C20H24N4O5/c1-5-23-18-17(19(26)24(10-11-25)20(23)27)22(2)16(21-18)9-7-13-6-8-14(28-3)15(12-13)29-4/h6-9,12,25H,5,10-11H2,1-4H3/b9-7+. The van der Waals surface area contributed by atoms with Crippen molar-refractivity contribution in [2.75, 3.05) is 20.8 Å². The van der Waals surface area contributed by atoms with Crippen LogP contribution >= 0.6 is 0 Å². The van der Waals surface area contributed by atoms with E-state index in [0.717, 1.165) is 10.1 Å². The maximum Gasteiger partial charge on any atom is 0.332 e. The smallest absolute Gasteiger partial charge is 0.332 e. The molecular weight excluding hydrogens is 376 g/mol. The third-order valence-corrected chi connectivity index (χ3v) is 4.75. The van der Waals surface area contributed by atoms with Gasteiger partial charge < -0.3 is 19.1 Å². The van der Waals surface area contributed by atoms with Crippen molar-refractivity contribution in [3.05, 3.63) is 50.4 Å². The molecule has 0 aliphatic heterocycles. The lowest BCUT2D eigenvalue weighted by molar-refractivity contribution is 0.270. The van der Waals surface area contributed by atoms with E-state index in [9.17, 15) is 14.7 Å². The van der Waals surface area contributed by atoms with Crippen LogP contribution in [0, 0.1) is 0 Å². The van der Waals surface area contributed by atoms with Crippen molar-refractivity contribution in [3.63, 3.8) is 0 Å². The Morgan fingerprint density at radius 2 is 1.83 bits per heavy atom. The first kappa shape index (κ1) is 20.4. The second kappa shape index (κ2) is 8.36. The highest BCUT2D eigenvalue weighted by Gasteiger charge is 2.18. The van der Waals surface area contributed by atoms with Crippen molar-refractivity contribution < 1.29 is 14.6 Å². The molecule has 1 N–H and O–H groups in total. The van der Waals surface area contributed by atoms with Crippen LogP contribution in [-0.2, 0) is 20.1 Å². The molecule has 29 heavy (non-hydrogen) atoms. The summed E-state index contributed by atoms with van der Waals surface area (Å²) in [5.41, 5.74) is 0.551. The van der Waals surface area contributed by atoms with E-state index >= 15 is 0 Å². The summed E-state index contributed by atoms with van der Waals surface area (Å²) in [5.74, 6) is 1.75. The van der Waals surface area contributed by atoms with Gasteiger partial charge in [0.05, 0.1) is 27.4 Å². The molecule has 0 saturated heterocycles. The van der Waals surface area contributed by atoms with Crippen LogP contribution in [0.15, 0.2) is 27.8 Å². The summed E-state index contributed by atoms with van der Waals surface area (Å²) in [5, 5.41) is 9.21. The van der Waals surface area contributed by atoms with Gasteiger partial charge in [-0.25, -0.2) is 9.78 Å². The van der Waals surface area contributed by atoms with Crippen molar-refractivity contribution in [2.45, 2.75) is 20.0 Å². The summed E-state index contributed by atoms with van der Waals surface area (Å²) in [4.78, 5) is 29.9. The number of hydrogen-bond donors (Lipinski definition) is 1. The van der Waals surface area contributed by atoms with Gasteiger partial charge in [0.25, 0.3) is 5.56 Å². The zero-order valence-corrected chi connectivity index (χ0v) is 16.9. The second-order valence-electron chi connectivity index (χ2n) is 6.36.